The molecule has 2 rings (SSSR count). The molecule has 2 heterocycles. The van der Waals surface area contributed by atoms with E-state index in [2.05, 4.69) is 22.9 Å². The van der Waals surface area contributed by atoms with Crippen molar-refractivity contribution in [1.82, 2.24) is 16.0 Å². The number of piperidine rings is 1. The van der Waals surface area contributed by atoms with Crippen LogP contribution in [-0.4, -0.2) is 37.5 Å². The van der Waals surface area contributed by atoms with Crippen LogP contribution in [0, 0.1) is 11.3 Å². The van der Waals surface area contributed by atoms with Gasteiger partial charge in [0, 0.05) is 6.54 Å². The Morgan fingerprint density at radius 3 is 2.54 bits per heavy atom. The predicted octanol–water partition coefficient (Wildman–Crippen LogP) is 2.43. The second-order valence-electron chi connectivity index (χ2n) is 6.95. The van der Waals surface area contributed by atoms with E-state index >= 15 is 0 Å². The third kappa shape index (κ3) is 5.76. The lowest BCUT2D eigenvalue weighted by molar-refractivity contribution is -0.124. The van der Waals surface area contributed by atoms with E-state index in [1.165, 1.54) is 11.3 Å². The second-order valence-corrected chi connectivity index (χ2v) is 7.90. The molecule has 136 valence electrons. The molecule has 2 amide bonds. The number of halogens is 1. The lowest BCUT2D eigenvalue weighted by atomic mass is 9.81. The quantitative estimate of drug-likeness (QED) is 0.717. The highest BCUT2D eigenvalue weighted by Gasteiger charge is 2.30. The van der Waals surface area contributed by atoms with Crippen LogP contribution in [-0.2, 0) is 4.79 Å². The lowest BCUT2D eigenvalue weighted by Gasteiger charge is -2.34. The van der Waals surface area contributed by atoms with Crippen molar-refractivity contribution >= 4 is 35.6 Å². The van der Waals surface area contributed by atoms with Gasteiger partial charge in [-0.15, -0.1) is 23.7 Å². The van der Waals surface area contributed by atoms with E-state index in [4.69, 9.17) is 0 Å². The first-order chi connectivity index (χ1) is 10.9. The van der Waals surface area contributed by atoms with Crippen molar-refractivity contribution in [3.8, 4) is 0 Å². The Labute approximate surface area is 154 Å². The number of rotatable bonds is 6. The van der Waals surface area contributed by atoms with Gasteiger partial charge in [0.15, 0.2) is 0 Å². The van der Waals surface area contributed by atoms with E-state index in [0.29, 0.717) is 11.4 Å². The summed E-state index contributed by atoms with van der Waals surface area (Å²) in [4.78, 5) is 25.4. The maximum absolute atomic E-state index is 12.5. The van der Waals surface area contributed by atoms with Gasteiger partial charge in [0.05, 0.1) is 4.88 Å². The molecule has 1 saturated heterocycles. The number of hydrogen-bond donors (Lipinski definition) is 3. The summed E-state index contributed by atoms with van der Waals surface area (Å²) < 4.78 is 0. The second kappa shape index (κ2) is 9.39. The van der Waals surface area contributed by atoms with Crippen LogP contribution in [0.15, 0.2) is 17.5 Å². The van der Waals surface area contributed by atoms with Gasteiger partial charge >= 0.3 is 0 Å². The molecule has 1 atom stereocenters. The molecule has 7 heteroatoms. The number of amides is 2. The molecule has 0 spiro atoms. The lowest BCUT2D eigenvalue weighted by Crippen LogP contribution is -2.52. The molecule has 24 heavy (non-hydrogen) atoms. The molecule has 1 aliphatic heterocycles. The molecule has 0 aromatic carbocycles. The van der Waals surface area contributed by atoms with Crippen LogP contribution < -0.4 is 16.0 Å². The highest BCUT2D eigenvalue weighted by atomic mass is 35.5. The number of nitrogens with one attached hydrogen (secondary N) is 3. The zero-order chi connectivity index (χ0) is 16.9. The van der Waals surface area contributed by atoms with Crippen molar-refractivity contribution in [2.75, 3.05) is 19.6 Å². The minimum atomic E-state index is -0.505. The molecule has 0 aliphatic carbocycles. The Balaban J connectivity index is 0.00000288. The summed E-state index contributed by atoms with van der Waals surface area (Å²) in [6.07, 6.45) is 2.11. The summed E-state index contributed by atoms with van der Waals surface area (Å²) in [5, 5.41) is 11.1. The molecular weight excluding hydrogens is 346 g/mol. The number of thiophene rings is 1. The van der Waals surface area contributed by atoms with Crippen molar-refractivity contribution in [3.63, 3.8) is 0 Å². The fourth-order valence-electron chi connectivity index (χ4n) is 2.77. The third-order valence-electron chi connectivity index (χ3n) is 4.48. The SMILES string of the molecule is CC(C)C(NC(=O)c1cccs1)C(=O)NCC1(C)CCNCC1.Cl. The minimum absolute atomic E-state index is 0. The Morgan fingerprint density at radius 1 is 1.33 bits per heavy atom. The van der Waals surface area contributed by atoms with E-state index in [-0.39, 0.29) is 35.6 Å². The molecule has 3 N–H and O–H groups in total. The predicted molar refractivity (Wildman–Crippen MR) is 101 cm³/mol. The summed E-state index contributed by atoms with van der Waals surface area (Å²) >= 11 is 1.38. The number of carbonyl (C=O) groups excluding carboxylic acids is 2. The summed E-state index contributed by atoms with van der Waals surface area (Å²) in [5.74, 6) is -0.230. The van der Waals surface area contributed by atoms with Crippen LogP contribution in [0.1, 0.15) is 43.3 Å². The molecule has 0 saturated carbocycles. The van der Waals surface area contributed by atoms with Gasteiger partial charge in [0.25, 0.3) is 5.91 Å². The first-order valence-electron chi connectivity index (χ1n) is 8.24. The Kier molecular flexibility index (Phi) is 8.19. The minimum Gasteiger partial charge on any atom is -0.354 e. The average molecular weight is 374 g/mol. The summed E-state index contributed by atoms with van der Waals surface area (Å²) in [7, 11) is 0. The Hall–Kier alpha value is -1.11. The highest BCUT2D eigenvalue weighted by Crippen LogP contribution is 2.26. The van der Waals surface area contributed by atoms with Crippen LogP contribution in [0.4, 0.5) is 0 Å². The normalized spacial score (nSPS) is 17.7. The fourth-order valence-corrected chi connectivity index (χ4v) is 3.40. The molecule has 1 fully saturated rings. The van der Waals surface area contributed by atoms with Crippen LogP contribution in [0.3, 0.4) is 0 Å². The summed E-state index contributed by atoms with van der Waals surface area (Å²) in [6, 6.07) is 3.10. The first kappa shape index (κ1) is 20.9. The largest absolute Gasteiger partial charge is 0.354 e. The van der Waals surface area contributed by atoms with Gasteiger partial charge in [-0.3, -0.25) is 9.59 Å². The maximum atomic E-state index is 12.5. The van der Waals surface area contributed by atoms with Gasteiger partial charge in [0.2, 0.25) is 5.91 Å². The molecule has 5 nitrogen and oxygen atoms in total. The van der Waals surface area contributed by atoms with Gasteiger partial charge in [-0.2, -0.15) is 0 Å². The van der Waals surface area contributed by atoms with Gasteiger partial charge in [-0.25, -0.2) is 0 Å². The zero-order valence-corrected chi connectivity index (χ0v) is 16.2. The Bertz CT molecular complexity index is 528. The molecule has 1 aromatic heterocycles. The first-order valence-corrected chi connectivity index (χ1v) is 9.12. The van der Waals surface area contributed by atoms with E-state index in [0.717, 1.165) is 25.9 Å². The van der Waals surface area contributed by atoms with Crippen LogP contribution in [0.5, 0.6) is 0 Å². The van der Waals surface area contributed by atoms with Crippen molar-refractivity contribution in [1.29, 1.82) is 0 Å². The Morgan fingerprint density at radius 2 is 2.00 bits per heavy atom. The fraction of sp³-hybridized carbons (Fsp3) is 0.647. The van der Waals surface area contributed by atoms with E-state index < -0.39 is 6.04 Å². The molecule has 1 aliphatic rings. The molecular formula is C17H28ClN3O2S. The maximum Gasteiger partial charge on any atom is 0.262 e. The van der Waals surface area contributed by atoms with Gasteiger partial charge in [-0.1, -0.05) is 26.8 Å². The van der Waals surface area contributed by atoms with Crippen LogP contribution in [0.25, 0.3) is 0 Å². The molecule has 1 unspecified atom stereocenters. The molecule has 0 bridgehead atoms. The highest BCUT2D eigenvalue weighted by molar-refractivity contribution is 7.12. The van der Waals surface area contributed by atoms with Crippen molar-refractivity contribution in [3.05, 3.63) is 22.4 Å². The van der Waals surface area contributed by atoms with Crippen molar-refractivity contribution < 1.29 is 9.59 Å². The zero-order valence-electron chi connectivity index (χ0n) is 14.6. The monoisotopic (exact) mass is 373 g/mol. The van der Waals surface area contributed by atoms with Gasteiger partial charge < -0.3 is 16.0 Å². The third-order valence-corrected chi connectivity index (χ3v) is 5.35. The topological polar surface area (TPSA) is 70.2 Å². The number of hydrogen-bond acceptors (Lipinski definition) is 4. The van der Waals surface area contributed by atoms with Crippen molar-refractivity contribution in [2.45, 2.75) is 39.7 Å². The van der Waals surface area contributed by atoms with E-state index in [1.54, 1.807) is 6.07 Å². The van der Waals surface area contributed by atoms with E-state index in [1.807, 2.05) is 25.3 Å². The smallest absolute Gasteiger partial charge is 0.262 e. The molecule has 0 radical (unpaired) electrons. The van der Waals surface area contributed by atoms with Crippen LogP contribution >= 0.6 is 23.7 Å². The van der Waals surface area contributed by atoms with Crippen LogP contribution in [0.2, 0.25) is 0 Å². The standard InChI is InChI=1S/C17H27N3O2S.ClH/c1-12(2)14(20-15(21)13-5-4-10-23-13)16(22)19-11-17(3)6-8-18-9-7-17;/h4-5,10,12,14,18H,6-9,11H2,1-3H3,(H,19,22)(H,20,21);1H. The summed E-state index contributed by atoms with van der Waals surface area (Å²) in [5.41, 5.74) is 0.139. The molecule has 1 aromatic rings. The summed E-state index contributed by atoms with van der Waals surface area (Å²) in [6.45, 7) is 8.76. The van der Waals surface area contributed by atoms with Gasteiger partial charge in [0.1, 0.15) is 6.04 Å². The van der Waals surface area contributed by atoms with E-state index in [9.17, 15) is 9.59 Å². The number of carbonyl (C=O) groups is 2. The van der Waals surface area contributed by atoms with Crippen molar-refractivity contribution in [2.24, 2.45) is 11.3 Å². The average Bonchev–Trinajstić information content (AvgIpc) is 3.05. The van der Waals surface area contributed by atoms with Gasteiger partial charge in [-0.05, 0) is 48.7 Å².